The van der Waals surface area contributed by atoms with E-state index in [0.717, 1.165) is 12.0 Å². The van der Waals surface area contributed by atoms with Gasteiger partial charge in [-0.1, -0.05) is 53.5 Å². The van der Waals surface area contributed by atoms with Gasteiger partial charge >= 0.3 is 0 Å². The van der Waals surface area contributed by atoms with Crippen molar-refractivity contribution in [3.8, 4) is 17.1 Å². The number of carbonyl (C=O) groups is 1. The number of amides is 1. The molecule has 0 N–H and O–H groups in total. The number of nitrogens with zero attached hydrogens (tertiary/aromatic N) is 3. The zero-order valence-electron chi connectivity index (χ0n) is 17.5. The van der Waals surface area contributed by atoms with Crippen molar-refractivity contribution >= 4 is 17.5 Å². The molecular formula is C23H26ClN3O3. The molecule has 1 heterocycles. The third kappa shape index (κ3) is 5.83. The van der Waals surface area contributed by atoms with Crippen molar-refractivity contribution in [2.24, 2.45) is 0 Å². The van der Waals surface area contributed by atoms with Crippen molar-refractivity contribution in [3.63, 3.8) is 0 Å². The molecule has 3 rings (SSSR count). The summed E-state index contributed by atoms with van der Waals surface area (Å²) < 4.78 is 11.0. The first-order valence-electron chi connectivity index (χ1n) is 10.0. The van der Waals surface area contributed by atoms with Crippen LogP contribution in [0.1, 0.15) is 31.7 Å². The molecule has 0 saturated carbocycles. The van der Waals surface area contributed by atoms with Crippen molar-refractivity contribution in [2.45, 2.75) is 39.7 Å². The second-order valence-corrected chi connectivity index (χ2v) is 7.65. The van der Waals surface area contributed by atoms with E-state index < -0.39 is 0 Å². The fraction of sp³-hybridized carbons (Fsp3) is 0.348. The van der Waals surface area contributed by atoms with Crippen molar-refractivity contribution in [3.05, 3.63) is 65.0 Å². The number of carbonyl (C=O) groups excluding carboxylic acids is 1. The van der Waals surface area contributed by atoms with E-state index in [1.165, 1.54) is 5.56 Å². The maximum atomic E-state index is 12.8. The van der Waals surface area contributed by atoms with Crippen LogP contribution < -0.4 is 4.74 Å². The van der Waals surface area contributed by atoms with Crippen LogP contribution in [0.2, 0.25) is 5.02 Å². The molecule has 0 bridgehead atoms. The first-order valence-corrected chi connectivity index (χ1v) is 10.4. The van der Waals surface area contributed by atoms with Crippen LogP contribution >= 0.6 is 11.6 Å². The molecule has 0 aliphatic heterocycles. The summed E-state index contributed by atoms with van der Waals surface area (Å²) in [6.07, 6.45) is 1.32. The molecule has 0 saturated heterocycles. The van der Waals surface area contributed by atoms with Crippen LogP contribution in [0.15, 0.2) is 53.1 Å². The van der Waals surface area contributed by atoms with Gasteiger partial charge in [0.25, 0.3) is 5.91 Å². The Balaban J connectivity index is 1.60. The van der Waals surface area contributed by atoms with Gasteiger partial charge in [-0.15, -0.1) is 0 Å². The first kappa shape index (κ1) is 21.8. The van der Waals surface area contributed by atoms with Crippen LogP contribution in [0.4, 0.5) is 0 Å². The first-order chi connectivity index (χ1) is 14.5. The normalized spacial score (nSPS) is 11.9. The predicted octanol–water partition coefficient (Wildman–Crippen LogP) is 4.95. The topological polar surface area (TPSA) is 68.5 Å². The quantitative estimate of drug-likeness (QED) is 0.483. The van der Waals surface area contributed by atoms with E-state index in [2.05, 4.69) is 10.1 Å². The Morgan fingerprint density at radius 1 is 1.17 bits per heavy atom. The molecule has 7 heteroatoms. The summed E-state index contributed by atoms with van der Waals surface area (Å²) in [5.41, 5.74) is 2.08. The molecule has 158 valence electrons. The number of hydrogen-bond acceptors (Lipinski definition) is 5. The second-order valence-electron chi connectivity index (χ2n) is 7.21. The lowest BCUT2D eigenvalue weighted by Gasteiger charge is -2.28. The Bertz CT molecular complexity index is 955. The molecule has 30 heavy (non-hydrogen) atoms. The molecule has 0 unspecified atom stereocenters. The number of rotatable bonds is 9. The van der Waals surface area contributed by atoms with Crippen LogP contribution in [-0.4, -0.2) is 40.1 Å². The number of aromatic nitrogens is 2. The molecule has 1 amide bonds. The van der Waals surface area contributed by atoms with Gasteiger partial charge in [0.1, 0.15) is 5.75 Å². The van der Waals surface area contributed by atoms with Crippen molar-refractivity contribution in [1.29, 1.82) is 0 Å². The summed E-state index contributed by atoms with van der Waals surface area (Å²) in [5, 5.41) is 4.69. The van der Waals surface area contributed by atoms with Crippen LogP contribution in [-0.2, 0) is 11.2 Å². The molecule has 6 nitrogen and oxygen atoms in total. The largest absolute Gasteiger partial charge is 0.484 e. The average Bonchev–Trinajstić information content (AvgIpc) is 3.22. The molecule has 1 aromatic heterocycles. The lowest BCUT2D eigenvalue weighted by atomic mass is 10.1. The Hall–Kier alpha value is -2.86. The zero-order chi connectivity index (χ0) is 21.5. The third-order valence-electron chi connectivity index (χ3n) is 4.96. The number of halogens is 1. The highest BCUT2D eigenvalue weighted by molar-refractivity contribution is 6.30. The highest BCUT2D eigenvalue weighted by Crippen LogP contribution is 2.18. The minimum atomic E-state index is -0.0856. The second kappa shape index (κ2) is 10.3. The fourth-order valence-corrected chi connectivity index (χ4v) is 3.09. The molecule has 0 fully saturated rings. The monoisotopic (exact) mass is 427 g/mol. The molecule has 3 aromatic rings. The highest BCUT2D eigenvalue weighted by Gasteiger charge is 2.21. The molecule has 0 spiro atoms. The lowest BCUT2D eigenvalue weighted by molar-refractivity contribution is -0.135. The minimum absolute atomic E-state index is 0.0373. The van der Waals surface area contributed by atoms with E-state index in [4.69, 9.17) is 20.9 Å². The molecule has 0 aliphatic rings. The van der Waals surface area contributed by atoms with Crippen LogP contribution in [0, 0.1) is 6.92 Å². The standard InChI is InChI=1S/C23H26ClN3O3/c1-4-17(3)27(22(28)15-29-20-11-9-19(24)10-12-20)14-13-21-25-23(26-30-21)18-7-5-16(2)6-8-18/h5-12,17H,4,13-15H2,1-3H3/t17-/m1/s1. The fourth-order valence-electron chi connectivity index (χ4n) is 2.96. The molecular weight excluding hydrogens is 402 g/mol. The summed E-state index contributed by atoms with van der Waals surface area (Å²) in [6.45, 7) is 6.54. The van der Waals surface area contributed by atoms with E-state index in [1.54, 1.807) is 29.2 Å². The molecule has 2 aromatic carbocycles. The van der Waals surface area contributed by atoms with Gasteiger partial charge in [0.15, 0.2) is 6.61 Å². The summed E-state index contributed by atoms with van der Waals surface area (Å²) >= 11 is 5.88. The molecule has 1 atom stereocenters. The lowest BCUT2D eigenvalue weighted by Crippen LogP contribution is -2.42. The Kier molecular flexibility index (Phi) is 7.46. The smallest absolute Gasteiger partial charge is 0.260 e. The van der Waals surface area contributed by atoms with Crippen LogP contribution in [0.5, 0.6) is 5.75 Å². The van der Waals surface area contributed by atoms with E-state index in [-0.39, 0.29) is 18.6 Å². The van der Waals surface area contributed by atoms with E-state index in [9.17, 15) is 4.79 Å². The maximum Gasteiger partial charge on any atom is 0.260 e. The number of benzene rings is 2. The van der Waals surface area contributed by atoms with E-state index in [0.29, 0.717) is 35.5 Å². The van der Waals surface area contributed by atoms with E-state index >= 15 is 0 Å². The Morgan fingerprint density at radius 2 is 1.87 bits per heavy atom. The molecule has 0 aliphatic carbocycles. The summed E-state index contributed by atoms with van der Waals surface area (Å²) in [6, 6.07) is 15.0. The van der Waals surface area contributed by atoms with Crippen LogP contribution in [0.25, 0.3) is 11.4 Å². The van der Waals surface area contributed by atoms with E-state index in [1.807, 2.05) is 45.0 Å². The van der Waals surface area contributed by atoms with Crippen LogP contribution in [0.3, 0.4) is 0 Å². The van der Waals surface area contributed by atoms with Gasteiger partial charge < -0.3 is 14.2 Å². The predicted molar refractivity (Wildman–Crippen MR) is 117 cm³/mol. The van der Waals surface area contributed by atoms with Gasteiger partial charge in [0, 0.05) is 29.6 Å². The summed E-state index contributed by atoms with van der Waals surface area (Å²) in [4.78, 5) is 19.0. The van der Waals surface area contributed by atoms with Gasteiger partial charge in [-0.25, -0.2) is 0 Å². The van der Waals surface area contributed by atoms with Gasteiger partial charge in [-0.2, -0.15) is 4.98 Å². The number of aryl methyl sites for hydroxylation is 1. The number of hydrogen-bond donors (Lipinski definition) is 0. The average molecular weight is 428 g/mol. The highest BCUT2D eigenvalue weighted by atomic mass is 35.5. The van der Waals surface area contributed by atoms with Gasteiger partial charge in [-0.05, 0) is 44.5 Å². The van der Waals surface area contributed by atoms with Gasteiger partial charge in [0.2, 0.25) is 11.7 Å². The number of ether oxygens (including phenoxy) is 1. The van der Waals surface area contributed by atoms with Gasteiger partial charge in [0.05, 0.1) is 0 Å². The van der Waals surface area contributed by atoms with Crippen molar-refractivity contribution in [1.82, 2.24) is 15.0 Å². The SMILES string of the molecule is CC[C@@H](C)N(CCc1nc(-c2ccc(C)cc2)no1)C(=O)COc1ccc(Cl)cc1. The Labute approximate surface area is 181 Å². The summed E-state index contributed by atoms with van der Waals surface area (Å²) in [5.74, 6) is 1.58. The molecule has 0 radical (unpaired) electrons. The summed E-state index contributed by atoms with van der Waals surface area (Å²) in [7, 11) is 0. The third-order valence-corrected chi connectivity index (χ3v) is 5.22. The Morgan fingerprint density at radius 3 is 2.53 bits per heavy atom. The zero-order valence-corrected chi connectivity index (χ0v) is 18.2. The van der Waals surface area contributed by atoms with Crippen molar-refractivity contribution in [2.75, 3.05) is 13.2 Å². The maximum absolute atomic E-state index is 12.8. The minimum Gasteiger partial charge on any atom is -0.484 e. The van der Waals surface area contributed by atoms with Gasteiger partial charge in [-0.3, -0.25) is 4.79 Å². The van der Waals surface area contributed by atoms with Crippen molar-refractivity contribution < 1.29 is 14.1 Å².